The molecule has 0 N–H and O–H groups in total. The maximum atomic E-state index is 12.9. The summed E-state index contributed by atoms with van der Waals surface area (Å²) in [6, 6.07) is 9.11. The molecule has 1 aromatic carbocycles. The Morgan fingerprint density at radius 3 is 2.58 bits per heavy atom. The zero-order valence-corrected chi connectivity index (χ0v) is 15.4. The molecule has 1 aliphatic heterocycles. The molecule has 2 heterocycles. The Morgan fingerprint density at radius 2 is 1.92 bits per heavy atom. The third-order valence-electron chi connectivity index (χ3n) is 4.20. The minimum absolute atomic E-state index is 0.124. The summed E-state index contributed by atoms with van der Waals surface area (Å²) in [5.41, 5.74) is 1.79. The highest BCUT2D eigenvalue weighted by molar-refractivity contribution is 7.89. The van der Waals surface area contributed by atoms with Crippen molar-refractivity contribution < 1.29 is 13.2 Å². The van der Waals surface area contributed by atoms with Crippen molar-refractivity contribution in [2.75, 3.05) is 25.0 Å². The minimum atomic E-state index is -3.60. The van der Waals surface area contributed by atoms with Gasteiger partial charge in [-0.05, 0) is 48.9 Å². The van der Waals surface area contributed by atoms with Crippen molar-refractivity contribution in [3.63, 3.8) is 0 Å². The van der Waals surface area contributed by atoms with Gasteiger partial charge in [0.15, 0.2) is 0 Å². The lowest BCUT2D eigenvalue weighted by atomic mass is 10.2. The van der Waals surface area contributed by atoms with Crippen LogP contribution < -0.4 is 4.90 Å². The van der Waals surface area contributed by atoms with Crippen molar-refractivity contribution in [3.8, 4) is 0 Å². The second-order valence-corrected chi connectivity index (χ2v) is 8.75. The van der Waals surface area contributed by atoms with Gasteiger partial charge in [0, 0.05) is 25.8 Å². The van der Waals surface area contributed by atoms with Crippen molar-refractivity contribution >= 4 is 33.0 Å². The smallest absolute Gasteiger partial charge is 0.269 e. The highest BCUT2D eigenvalue weighted by Gasteiger charge is 2.32. The minimum Gasteiger partial charge on any atom is -0.311 e. The molecule has 0 radical (unpaired) electrons. The van der Waals surface area contributed by atoms with Gasteiger partial charge in [0.05, 0.1) is 0 Å². The summed E-state index contributed by atoms with van der Waals surface area (Å²) in [5, 5.41) is 1.67. The first kappa shape index (κ1) is 17.1. The molecule has 0 spiro atoms. The molecular weight excluding hydrogens is 344 g/mol. The molecule has 1 fully saturated rings. The third-order valence-corrected chi connectivity index (χ3v) is 7.17. The highest BCUT2D eigenvalue weighted by atomic mass is 32.2. The van der Waals surface area contributed by atoms with Gasteiger partial charge in [-0.25, -0.2) is 8.42 Å². The Labute approximate surface area is 146 Å². The Balaban J connectivity index is 1.93. The number of hydrogen-bond donors (Lipinski definition) is 0. The van der Waals surface area contributed by atoms with Gasteiger partial charge in [-0.3, -0.25) is 4.79 Å². The summed E-state index contributed by atoms with van der Waals surface area (Å²) >= 11 is 1.17. The zero-order valence-electron chi connectivity index (χ0n) is 13.7. The first-order chi connectivity index (χ1) is 11.4. The number of rotatable bonds is 4. The van der Waals surface area contributed by atoms with Crippen LogP contribution in [0.3, 0.4) is 0 Å². The second-order valence-electron chi connectivity index (χ2n) is 5.93. The van der Waals surface area contributed by atoms with Crippen LogP contribution in [0, 0.1) is 6.92 Å². The zero-order chi connectivity index (χ0) is 17.3. The van der Waals surface area contributed by atoms with Crippen molar-refractivity contribution in [3.05, 3.63) is 46.2 Å². The van der Waals surface area contributed by atoms with Gasteiger partial charge in [-0.15, -0.1) is 11.3 Å². The van der Waals surface area contributed by atoms with Crippen LogP contribution >= 0.6 is 11.3 Å². The first-order valence-corrected chi connectivity index (χ1v) is 10.2. The fourth-order valence-corrected chi connectivity index (χ4v) is 5.72. The molecule has 128 valence electrons. The van der Waals surface area contributed by atoms with Crippen LogP contribution in [0.4, 0.5) is 5.69 Å². The quantitative estimate of drug-likeness (QED) is 0.837. The number of benzene rings is 1. The summed E-state index contributed by atoms with van der Waals surface area (Å²) in [4.78, 5) is 14.7. The number of carbonyl (C=O) groups excluding carboxylic acids is 1. The van der Waals surface area contributed by atoms with Crippen LogP contribution in [0.25, 0.3) is 0 Å². The fourth-order valence-electron chi connectivity index (χ4n) is 2.83. The van der Waals surface area contributed by atoms with Gasteiger partial charge < -0.3 is 4.90 Å². The van der Waals surface area contributed by atoms with E-state index in [1.807, 2.05) is 31.2 Å². The number of nitrogens with zero attached hydrogens (tertiary/aromatic N) is 2. The summed E-state index contributed by atoms with van der Waals surface area (Å²) < 4.78 is 27.1. The van der Waals surface area contributed by atoms with Gasteiger partial charge in [-0.1, -0.05) is 12.1 Å². The molecule has 0 bridgehead atoms. The number of thiophene rings is 1. The summed E-state index contributed by atoms with van der Waals surface area (Å²) in [6.07, 6.45) is 1.74. The number of sulfonamides is 1. The SMILES string of the molecule is Cc1cccc(N(C)C(=O)c2sccc2S(=O)(=O)N2CCCC2)c1. The standard InChI is InChI=1S/C17H20N2O3S2/c1-13-6-5-7-14(12-13)18(2)17(20)16-15(8-11-23-16)24(21,22)19-9-3-4-10-19/h5-8,11-12H,3-4,9-10H2,1-2H3. The van der Waals surface area contributed by atoms with E-state index in [0.29, 0.717) is 13.1 Å². The van der Waals surface area contributed by atoms with E-state index in [4.69, 9.17) is 0 Å². The van der Waals surface area contributed by atoms with E-state index in [9.17, 15) is 13.2 Å². The number of amides is 1. The lowest BCUT2D eigenvalue weighted by Gasteiger charge is -2.19. The molecule has 1 saturated heterocycles. The van der Waals surface area contributed by atoms with Crippen LogP contribution in [-0.4, -0.2) is 38.8 Å². The van der Waals surface area contributed by atoms with Gasteiger partial charge in [0.2, 0.25) is 10.0 Å². The average Bonchev–Trinajstić information content (AvgIpc) is 3.25. The van der Waals surface area contributed by atoms with E-state index >= 15 is 0 Å². The van der Waals surface area contributed by atoms with E-state index in [-0.39, 0.29) is 15.7 Å². The predicted octanol–water partition coefficient (Wildman–Crippen LogP) is 3.12. The Bertz CT molecular complexity index is 852. The molecule has 1 amide bonds. The van der Waals surface area contributed by atoms with E-state index < -0.39 is 10.0 Å². The lowest BCUT2D eigenvalue weighted by Crippen LogP contribution is -2.31. The number of aryl methyl sites for hydroxylation is 1. The molecule has 2 aromatic rings. The molecule has 0 saturated carbocycles. The van der Waals surface area contributed by atoms with E-state index in [2.05, 4.69) is 0 Å². The lowest BCUT2D eigenvalue weighted by molar-refractivity contribution is 0.0994. The van der Waals surface area contributed by atoms with Gasteiger partial charge in [0.1, 0.15) is 9.77 Å². The molecule has 1 aliphatic rings. The normalized spacial score (nSPS) is 15.6. The van der Waals surface area contributed by atoms with Crippen molar-refractivity contribution in [2.24, 2.45) is 0 Å². The Hall–Kier alpha value is -1.70. The summed E-state index contributed by atoms with van der Waals surface area (Å²) in [7, 11) is -1.93. The van der Waals surface area contributed by atoms with Crippen LogP contribution in [0.2, 0.25) is 0 Å². The molecule has 5 nitrogen and oxygen atoms in total. The molecule has 3 rings (SSSR count). The molecule has 7 heteroatoms. The Morgan fingerprint density at radius 1 is 1.21 bits per heavy atom. The van der Waals surface area contributed by atoms with Crippen LogP contribution in [-0.2, 0) is 10.0 Å². The molecule has 0 unspecified atom stereocenters. The van der Waals surface area contributed by atoms with Crippen LogP contribution in [0.1, 0.15) is 28.1 Å². The molecule has 1 aromatic heterocycles. The van der Waals surface area contributed by atoms with E-state index in [1.165, 1.54) is 26.6 Å². The third kappa shape index (κ3) is 3.11. The monoisotopic (exact) mass is 364 g/mol. The molecule has 0 aliphatic carbocycles. The topological polar surface area (TPSA) is 57.7 Å². The van der Waals surface area contributed by atoms with Gasteiger partial charge >= 0.3 is 0 Å². The van der Waals surface area contributed by atoms with Crippen molar-refractivity contribution in [1.82, 2.24) is 4.31 Å². The maximum absolute atomic E-state index is 12.9. The molecule has 0 atom stereocenters. The Kier molecular flexibility index (Phi) is 4.76. The van der Waals surface area contributed by atoms with Crippen LogP contribution in [0.15, 0.2) is 40.6 Å². The summed E-state index contributed by atoms with van der Waals surface area (Å²) in [6.45, 7) is 3.01. The largest absolute Gasteiger partial charge is 0.311 e. The number of anilines is 1. The molecular formula is C17H20N2O3S2. The fraction of sp³-hybridized carbons (Fsp3) is 0.353. The highest BCUT2D eigenvalue weighted by Crippen LogP contribution is 2.29. The van der Waals surface area contributed by atoms with Crippen molar-refractivity contribution in [1.29, 1.82) is 0 Å². The van der Waals surface area contributed by atoms with Crippen molar-refractivity contribution in [2.45, 2.75) is 24.7 Å². The number of hydrogen-bond acceptors (Lipinski definition) is 4. The van der Waals surface area contributed by atoms with Crippen LogP contribution in [0.5, 0.6) is 0 Å². The predicted molar refractivity (Wildman–Crippen MR) is 96.2 cm³/mol. The first-order valence-electron chi connectivity index (χ1n) is 7.83. The second kappa shape index (κ2) is 6.66. The van der Waals surface area contributed by atoms with E-state index in [1.54, 1.807) is 12.4 Å². The van der Waals surface area contributed by atoms with Gasteiger partial charge in [0.25, 0.3) is 5.91 Å². The average molecular weight is 364 g/mol. The number of carbonyl (C=O) groups is 1. The van der Waals surface area contributed by atoms with Gasteiger partial charge in [-0.2, -0.15) is 4.31 Å². The molecule has 24 heavy (non-hydrogen) atoms. The maximum Gasteiger partial charge on any atom is 0.269 e. The van der Waals surface area contributed by atoms with E-state index in [0.717, 1.165) is 24.1 Å². The summed E-state index contributed by atoms with van der Waals surface area (Å²) in [5.74, 6) is -0.298.